The predicted molar refractivity (Wildman–Crippen MR) is 91.4 cm³/mol. The van der Waals surface area contributed by atoms with Crippen LogP contribution in [0.3, 0.4) is 0 Å². The van der Waals surface area contributed by atoms with E-state index in [0.717, 1.165) is 43.6 Å². The summed E-state index contributed by atoms with van der Waals surface area (Å²) in [6.07, 6.45) is 3.31. The van der Waals surface area contributed by atoms with Crippen LogP contribution in [0, 0.1) is 0 Å². The van der Waals surface area contributed by atoms with Crippen LogP contribution in [0.4, 0.5) is 0 Å². The molecule has 2 aliphatic rings. The molecule has 0 spiro atoms. The molecule has 134 valence electrons. The first-order chi connectivity index (χ1) is 11.4. The van der Waals surface area contributed by atoms with Crippen LogP contribution in [0.5, 0.6) is 0 Å². The Morgan fingerprint density at radius 3 is 2.58 bits per heavy atom. The van der Waals surface area contributed by atoms with Crippen LogP contribution in [0.2, 0.25) is 0 Å². The van der Waals surface area contributed by atoms with Crippen molar-refractivity contribution in [2.45, 2.75) is 42.7 Å². The lowest BCUT2D eigenvalue weighted by atomic mass is 9.99. The highest BCUT2D eigenvalue weighted by Crippen LogP contribution is 2.26. The first kappa shape index (κ1) is 17.8. The van der Waals surface area contributed by atoms with Gasteiger partial charge in [0.25, 0.3) is 5.91 Å². The molecular formula is C15H23N3O4S2. The van der Waals surface area contributed by atoms with E-state index in [1.54, 1.807) is 10.3 Å². The lowest BCUT2D eigenvalue weighted by molar-refractivity contribution is 0.0241. The van der Waals surface area contributed by atoms with Crippen molar-refractivity contribution >= 4 is 27.3 Å². The summed E-state index contributed by atoms with van der Waals surface area (Å²) in [6.45, 7) is 2.89. The zero-order chi connectivity index (χ0) is 17.3. The molecule has 0 bridgehead atoms. The number of aliphatic hydroxyl groups is 1. The second-order valence-electron chi connectivity index (χ2n) is 6.47. The van der Waals surface area contributed by atoms with Gasteiger partial charge in [-0.1, -0.05) is 0 Å². The van der Waals surface area contributed by atoms with Crippen molar-refractivity contribution in [2.24, 2.45) is 5.14 Å². The van der Waals surface area contributed by atoms with Crippen LogP contribution >= 0.6 is 11.3 Å². The van der Waals surface area contributed by atoms with Crippen LogP contribution in [0.25, 0.3) is 0 Å². The summed E-state index contributed by atoms with van der Waals surface area (Å²) in [5.41, 5.74) is 0. The van der Waals surface area contributed by atoms with Crippen molar-refractivity contribution < 1.29 is 18.3 Å². The first-order valence-electron chi connectivity index (χ1n) is 8.18. The molecule has 0 aromatic carbocycles. The molecule has 7 nitrogen and oxygen atoms in total. The Kier molecular flexibility index (Phi) is 5.26. The van der Waals surface area contributed by atoms with Crippen molar-refractivity contribution in [3.63, 3.8) is 0 Å². The van der Waals surface area contributed by atoms with Gasteiger partial charge in [0.2, 0.25) is 10.0 Å². The van der Waals surface area contributed by atoms with Crippen LogP contribution in [0.15, 0.2) is 16.3 Å². The molecule has 1 amide bonds. The molecule has 1 atom stereocenters. The van der Waals surface area contributed by atoms with Gasteiger partial charge in [-0.25, -0.2) is 13.6 Å². The van der Waals surface area contributed by atoms with Gasteiger partial charge in [0.15, 0.2) is 0 Å². The van der Waals surface area contributed by atoms with Crippen molar-refractivity contribution in [1.29, 1.82) is 0 Å². The molecule has 3 heterocycles. The average molecular weight is 374 g/mol. The van der Waals surface area contributed by atoms with Gasteiger partial charge < -0.3 is 10.0 Å². The number of hydrogen-bond acceptors (Lipinski definition) is 6. The maximum absolute atomic E-state index is 12.6. The minimum absolute atomic E-state index is 0.0845. The largest absolute Gasteiger partial charge is 0.392 e. The number of carbonyl (C=O) groups is 1. The summed E-state index contributed by atoms with van der Waals surface area (Å²) in [7, 11) is -3.88. The smallest absolute Gasteiger partial charge is 0.265 e. The quantitative estimate of drug-likeness (QED) is 0.801. The topological polar surface area (TPSA) is 104 Å². The van der Waals surface area contributed by atoms with E-state index < -0.39 is 10.0 Å². The Bertz CT molecular complexity index is 695. The van der Waals surface area contributed by atoms with Gasteiger partial charge in [-0.3, -0.25) is 9.69 Å². The molecule has 0 radical (unpaired) electrons. The van der Waals surface area contributed by atoms with Gasteiger partial charge in [-0.2, -0.15) is 0 Å². The van der Waals surface area contributed by atoms with Gasteiger partial charge in [-0.15, -0.1) is 11.3 Å². The van der Waals surface area contributed by atoms with E-state index in [-0.39, 0.29) is 21.8 Å². The third-order valence-corrected chi connectivity index (χ3v) is 6.81. The minimum atomic E-state index is -3.88. The fraction of sp³-hybridized carbons (Fsp3) is 0.667. The lowest BCUT2D eigenvalue weighted by Crippen LogP contribution is -2.50. The Balaban J connectivity index is 1.63. The number of carbonyl (C=O) groups excluding carboxylic acids is 1. The molecule has 9 heteroatoms. The molecule has 0 aliphatic carbocycles. The molecule has 3 N–H and O–H groups in total. The van der Waals surface area contributed by atoms with E-state index in [4.69, 9.17) is 5.14 Å². The Labute approximate surface area is 146 Å². The first-order valence-corrected chi connectivity index (χ1v) is 10.6. The van der Waals surface area contributed by atoms with Crippen LogP contribution in [-0.2, 0) is 10.0 Å². The number of sulfonamides is 1. The zero-order valence-electron chi connectivity index (χ0n) is 13.4. The number of aliphatic hydroxyl groups excluding tert-OH is 1. The fourth-order valence-corrected chi connectivity index (χ4v) is 5.51. The number of rotatable bonds is 3. The molecule has 0 unspecified atom stereocenters. The average Bonchev–Trinajstić information content (AvgIpc) is 3.04. The molecule has 0 saturated carbocycles. The van der Waals surface area contributed by atoms with Gasteiger partial charge in [-0.05, 0) is 43.7 Å². The molecule has 24 heavy (non-hydrogen) atoms. The number of amides is 1. The van der Waals surface area contributed by atoms with Gasteiger partial charge in [0.1, 0.15) is 9.77 Å². The van der Waals surface area contributed by atoms with E-state index in [0.29, 0.717) is 25.7 Å². The highest BCUT2D eigenvalue weighted by atomic mass is 32.2. The Hall–Kier alpha value is -1.00. The van der Waals surface area contributed by atoms with Crippen molar-refractivity contribution in [3.8, 4) is 0 Å². The number of thiophene rings is 1. The number of likely N-dealkylation sites (tertiary alicyclic amines) is 2. The monoisotopic (exact) mass is 373 g/mol. The van der Waals surface area contributed by atoms with Crippen molar-refractivity contribution in [1.82, 2.24) is 9.80 Å². The number of hydrogen-bond donors (Lipinski definition) is 2. The van der Waals surface area contributed by atoms with E-state index in [2.05, 4.69) is 4.90 Å². The van der Waals surface area contributed by atoms with Gasteiger partial charge >= 0.3 is 0 Å². The molecule has 3 rings (SSSR count). The normalized spacial score (nSPS) is 24.2. The van der Waals surface area contributed by atoms with Crippen molar-refractivity contribution in [3.05, 3.63) is 16.3 Å². The standard InChI is InChI=1S/C15H23N3O4S2/c16-24(21,22)13-5-9-23-14(13)15(20)17-7-3-11(4-8-17)18-6-1-2-12(19)10-18/h5,9,11-12,19H,1-4,6-8,10H2,(H2,16,21,22)/t12-/m1/s1. The van der Waals surface area contributed by atoms with Crippen LogP contribution < -0.4 is 5.14 Å². The summed E-state index contributed by atoms with van der Waals surface area (Å²) in [5, 5.41) is 16.6. The summed E-state index contributed by atoms with van der Waals surface area (Å²) >= 11 is 1.11. The number of nitrogens with two attached hydrogens (primary N) is 1. The highest BCUT2D eigenvalue weighted by molar-refractivity contribution is 7.89. The molecule has 1 aromatic rings. The third kappa shape index (κ3) is 3.80. The Morgan fingerprint density at radius 2 is 1.96 bits per heavy atom. The molecule has 2 aliphatic heterocycles. The third-order valence-electron chi connectivity index (χ3n) is 4.83. The maximum atomic E-state index is 12.6. The molecule has 1 aromatic heterocycles. The SMILES string of the molecule is NS(=O)(=O)c1ccsc1C(=O)N1CCC(N2CCC[C@@H](O)C2)CC1. The molecule has 2 fully saturated rings. The number of piperidine rings is 2. The van der Waals surface area contributed by atoms with Gasteiger partial charge in [0, 0.05) is 25.7 Å². The van der Waals surface area contributed by atoms with E-state index >= 15 is 0 Å². The van der Waals surface area contributed by atoms with Gasteiger partial charge in [0.05, 0.1) is 6.10 Å². The summed E-state index contributed by atoms with van der Waals surface area (Å²) in [4.78, 5) is 16.8. The maximum Gasteiger partial charge on any atom is 0.265 e. The summed E-state index contributed by atoms with van der Waals surface area (Å²) in [6, 6.07) is 1.76. The van der Waals surface area contributed by atoms with E-state index in [1.807, 2.05) is 0 Å². The summed E-state index contributed by atoms with van der Waals surface area (Å²) in [5.74, 6) is -0.258. The fourth-order valence-electron chi connectivity index (χ4n) is 3.57. The molecule has 2 saturated heterocycles. The number of nitrogens with zero attached hydrogens (tertiary/aromatic N) is 2. The Morgan fingerprint density at radius 1 is 1.25 bits per heavy atom. The lowest BCUT2D eigenvalue weighted by Gasteiger charge is -2.41. The summed E-state index contributed by atoms with van der Waals surface area (Å²) < 4.78 is 23.1. The second kappa shape index (κ2) is 7.09. The van der Waals surface area contributed by atoms with Crippen LogP contribution in [0.1, 0.15) is 35.4 Å². The molecular weight excluding hydrogens is 350 g/mol. The van der Waals surface area contributed by atoms with Crippen molar-refractivity contribution in [2.75, 3.05) is 26.2 Å². The number of β-amino-alcohol motifs (C(OH)–C–C–N with tert-alkyl or cyclic N) is 1. The van der Waals surface area contributed by atoms with E-state index in [1.165, 1.54) is 6.07 Å². The number of primary sulfonamides is 1. The zero-order valence-corrected chi connectivity index (χ0v) is 15.1. The highest BCUT2D eigenvalue weighted by Gasteiger charge is 2.31. The van der Waals surface area contributed by atoms with E-state index in [9.17, 15) is 18.3 Å². The van der Waals surface area contributed by atoms with Crippen LogP contribution in [-0.4, -0.2) is 67.6 Å². The predicted octanol–water partition coefficient (Wildman–Crippen LogP) is 0.457. The minimum Gasteiger partial charge on any atom is -0.392 e. The second-order valence-corrected chi connectivity index (χ2v) is 8.92.